The summed E-state index contributed by atoms with van der Waals surface area (Å²) >= 11 is 0. The molecule has 0 aliphatic heterocycles. The van der Waals surface area contributed by atoms with Crippen LogP contribution in [0.4, 0.5) is 5.69 Å². The lowest BCUT2D eigenvalue weighted by atomic mass is 10.1. The number of primary amides is 1. The minimum atomic E-state index is -0.666. The average Bonchev–Trinajstić information content (AvgIpc) is 3.07. The van der Waals surface area contributed by atoms with Crippen LogP contribution in [0.1, 0.15) is 39.8 Å². The number of nitrogens with one attached hydrogen (secondary N) is 1. The van der Waals surface area contributed by atoms with Crippen molar-refractivity contribution >= 4 is 28.9 Å². The fourth-order valence-corrected chi connectivity index (χ4v) is 3.37. The topological polar surface area (TPSA) is 136 Å². The van der Waals surface area contributed by atoms with Gasteiger partial charge in [-0.2, -0.15) is 5.26 Å². The number of fused-ring (bicyclic) bond motifs is 1. The lowest BCUT2D eigenvalue weighted by Gasteiger charge is -2.13. The van der Waals surface area contributed by atoms with Gasteiger partial charge in [0.05, 0.1) is 40.3 Å². The Balaban J connectivity index is 2.29. The van der Waals surface area contributed by atoms with Gasteiger partial charge in [0.15, 0.2) is 6.29 Å². The molecule has 3 rings (SSSR count). The summed E-state index contributed by atoms with van der Waals surface area (Å²) in [6, 6.07) is 7.16. The third-order valence-corrected chi connectivity index (χ3v) is 4.63. The Morgan fingerprint density at radius 2 is 2.23 bits per heavy atom. The summed E-state index contributed by atoms with van der Waals surface area (Å²) in [6.07, 6.45) is 2.87. The van der Waals surface area contributed by atoms with Gasteiger partial charge >= 0.3 is 0 Å². The first-order valence-electron chi connectivity index (χ1n) is 9.47. The second-order valence-electron chi connectivity index (χ2n) is 6.61. The number of amides is 1. The quantitative estimate of drug-likeness (QED) is 0.411. The number of aromatic nitrogens is 3. The van der Waals surface area contributed by atoms with Crippen LogP contribution in [0.5, 0.6) is 0 Å². The van der Waals surface area contributed by atoms with Crippen LogP contribution in [-0.4, -0.2) is 47.0 Å². The van der Waals surface area contributed by atoms with Crippen molar-refractivity contribution in [2.75, 3.05) is 25.6 Å². The van der Waals surface area contributed by atoms with Gasteiger partial charge in [-0.1, -0.05) is 6.92 Å². The number of carbonyl (C=O) groups is 2. The number of rotatable bonds is 9. The van der Waals surface area contributed by atoms with E-state index in [0.29, 0.717) is 59.7 Å². The molecule has 30 heavy (non-hydrogen) atoms. The van der Waals surface area contributed by atoms with Gasteiger partial charge in [0.2, 0.25) is 0 Å². The van der Waals surface area contributed by atoms with Crippen LogP contribution in [0.25, 0.3) is 22.4 Å². The summed E-state index contributed by atoms with van der Waals surface area (Å²) in [4.78, 5) is 32.4. The number of nitrogens with two attached hydrogens (primary N) is 1. The van der Waals surface area contributed by atoms with E-state index in [4.69, 9.17) is 10.5 Å². The maximum absolute atomic E-state index is 12.4. The van der Waals surface area contributed by atoms with E-state index in [1.807, 2.05) is 11.5 Å². The van der Waals surface area contributed by atoms with Crippen LogP contribution >= 0.6 is 0 Å². The lowest BCUT2D eigenvalue weighted by Crippen LogP contribution is -2.14. The molecule has 0 saturated heterocycles. The van der Waals surface area contributed by atoms with Crippen molar-refractivity contribution in [2.45, 2.75) is 19.9 Å². The summed E-state index contributed by atoms with van der Waals surface area (Å²) in [5.41, 5.74) is 9.09. The van der Waals surface area contributed by atoms with E-state index >= 15 is 0 Å². The number of hydrogen-bond acceptors (Lipinski definition) is 7. The monoisotopic (exact) mass is 406 g/mol. The zero-order chi connectivity index (χ0) is 21.7. The predicted molar refractivity (Wildman–Crippen MR) is 112 cm³/mol. The largest absolute Gasteiger partial charge is 0.383 e. The fraction of sp³-hybridized carbons (Fsp3) is 0.286. The van der Waals surface area contributed by atoms with Crippen LogP contribution in [0.2, 0.25) is 0 Å². The molecule has 0 aliphatic carbocycles. The third kappa shape index (κ3) is 3.86. The first kappa shape index (κ1) is 21.0. The highest BCUT2D eigenvalue weighted by molar-refractivity contribution is 6.11. The number of aldehydes is 1. The Hall–Kier alpha value is -3.77. The van der Waals surface area contributed by atoms with Crippen molar-refractivity contribution in [1.82, 2.24) is 14.5 Å². The molecule has 3 heterocycles. The molecule has 154 valence electrons. The van der Waals surface area contributed by atoms with E-state index in [-0.39, 0.29) is 11.3 Å². The Kier molecular flexibility index (Phi) is 6.39. The van der Waals surface area contributed by atoms with E-state index in [9.17, 15) is 14.9 Å². The van der Waals surface area contributed by atoms with E-state index in [0.717, 1.165) is 6.42 Å². The molecule has 3 aromatic rings. The number of hydrogen-bond donors (Lipinski definition) is 2. The number of nitriles is 1. The molecule has 3 aromatic heterocycles. The maximum Gasteiger partial charge on any atom is 0.253 e. The maximum atomic E-state index is 12.4. The van der Waals surface area contributed by atoms with E-state index in [2.05, 4.69) is 21.4 Å². The molecule has 1 amide bonds. The van der Waals surface area contributed by atoms with Gasteiger partial charge in [-0.05, 0) is 24.6 Å². The van der Waals surface area contributed by atoms with Crippen molar-refractivity contribution in [2.24, 2.45) is 5.73 Å². The van der Waals surface area contributed by atoms with Crippen LogP contribution in [0, 0.1) is 11.3 Å². The highest BCUT2D eigenvalue weighted by Crippen LogP contribution is 2.34. The summed E-state index contributed by atoms with van der Waals surface area (Å²) < 4.78 is 6.97. The minimum absolute atomic E-state index is 0.196. The molecule has 0 aromatic carbocycles. The normalized spacial score (nSPS) is 10.7. The van der Waals surface area contributed by atoms with Gasteiger partial charge in [-0.25, -0.2) is 4.98 Å². The Morgan fingerprint density at radius 3 is 2.87 bits per heavy atom. The summed E-state index contributed by atoms with van der Waals surface area (Å²) in [5, 5.41) is 12.6. The number of methoxy groups -OCH3 is 1. The van der Waals surface area contributed by atoms with Crippen molar-refractivity contribution < 1.29 is 14.3 Å². The van der Waals surface area contributed by atoms with Crippen molar-refractivity contribution in [3.05, 3.63) is 41.2 Å². The van der Waals surface area contributed by atoms with Crippen molar-refractivity contribution in [3.63, 3.8) is 0 Å². The molecule has 3 N–H and O–H groups in total. The molecule has 9 heteroatoms. The smallest absolute Gasteiger partial charge is 0.253 e. The second-order valence-corrected chi connectivity index (χ2v) is 6.61. The number of nitrogens with zero attached hydrogens (tertiary/aromatic N) is 4. The summed E-state index contributed by atoms with van der Waals surface area (Å²) in [6.45, 7) is 3.56. The highest BCUT2D eigenvalue weighted by Gasteiger charge is 2.25. The molecule has 0 saturated carbocycles. The van der Waals surface area contributed by atoms with Gasteiger partial charge in [0.25, 0.3) is 5.91 Å². The fourth-order valence-electron chi connectivity index (χ4n) is 3.37. The number of anilines is 1. The first-order chi connectivity index (χ1) is 14.5. The molecule has 0 aliphatic rings. The average molecular weight is 406 g/mol. The molecule has 0 spiro atoms. The Labute approximate surface area is 173 Å². The number of ether oxygens (including phenoxy) is 1. The number of aryl methyl sites for hydroxylation is 1. The van der Waals surface area contributed by atoms with Gasteiger partial charge in [-0.3, -0.25) is 14.6 Å². The van der Waals surface area contributed by atoms with E-state index in [1.165, 1.54) is 6.20 Å². The standard InChI is InChI=1S/C21H22N6O3/c1-3-7-27-17-5-4-14(12-28)26-19(17)18(21(23)29)20(27)16-9-15(24-6-8-30-2)13(10-22)11-25-16/h4-5,9,11-12H,3,6-8H2,1-2H3,(H2,23,29)(H,24,25). The second kappa shape index (κ2) is 9.15. The first-order valence-corrected chi connectivity index (χ1v) is 9.47. The van der Waals surface area contributed by atoms with Crippen molar-refractivity contribution in [3.8, 4) is 17.5 Å². The molecular formula is C21H22N6O3. The van der Waals surface area contributed by atoms with Crippen LogP contribution < -0.4 is 11.1 Å². The van der Waals surface area contributed by atoms with E-state index < -0.39 is 5.91 Å². The molecule has 0 unspecified atom stereocenters. The summed E-state index contributed by atoms with van der Waals surface area (Å²) in [5.74, 6) is -0.666. The molecule has 0 bridgehead atoms. The Bertz CT molecular complexity index is 1150. The predicted octanol–water partition coefficient (Wildman–Crippen LogP) is 2.35. The zero-order valence-corrected chi connectivity index (χ0v) is 16.8. The van der Waals surface area contributed by atoms with Gasteiger partial charge in [-0.15, -0.1) is 0 Å². The minimum Gasteiger partial charge on any atom is -0.383 e. The Morgan fingerprint density at radius 1 is 1.43 bits per heavy atom. The molecule has 0 fully saturated rings. The molecular weight excluding hydrogens is 384 g/mol. The molecule has 0 atom stereocenters. The van der Waals surface area contributed by atoms with Crippen molar-refractivity contribution in [1.29, 1.82) is 5.26 Å². The van der Waals surface area contributed by atoms with Gasteiger partial charge in [0, 0.05) is 26.4 Å². The van der Waals surface area contributed by atoms with Crippen LogP contribution in [0.3, 0.4) is 0 Å². The highest BCUT2D eigenvalue weighted by atomic mass is 16.5. The third-order valence-electron chi connectivity index (χ3n) is 4.63. The van der Waals surface area contributed by atoms with Crippen LogP contribution in [-0.2, 0) is 11.3 Å². The molecule has 9 nitrogen and oxygen atoms in total. The lowest BCUT2D eigenvalue weighted by molar-refractivity contribution is 0.100. The number of pyridine rings is 2. The summed E-state index contributed by atoms with van der Waals surface area (Å²) in [7, 11) is 1.59. The van der Waals surface area contributed by atoms with Gasteiger partial charge < -0.3 is 20.4 Å². The van der Waals surface area contributed by atoms with Crippen LogP contribution in [0.15, 0.2) is 24.4 Å². The number of carbonyl (C=O) groups excluding carboxylic acids is 2. The molecule has 0 radical (unpaired) electrons. The van der Waals surface area contributed by atoms with E-state index in [1.54, 1.807) is 25.3 Å². The zero-order valence-electron chi connectivity index (χ0n) is 16.8. The van der Waals surface area contributed by atoms with Gasteiger partial charge in [0.1, 0.15) is 17.3 Å². The SMILES string of the molecule is CCCn1c(-c2cc(NCCOC)c(C#N)cn2)c(C(N)=O)c2nc(C=O)ccc21.